The molecular formula is C13H24N2O. The zero-order chi connectivity index (χ0) is 11.4. The molecule has 0 atom stereocenters. The van der Waals surface area contributed by atoms with Crippen molar-refractivity contribution in [3.8, 4) is 0 Å². The zero-order valence-electron chi connectivity index (χ0n) is 10.3. The van der Waals surface area contributed by atoms with Crippen molar-refractivity contribution in [3.63, 3.8) is 0 Å². The molecule has 0 aliphatic heterocycles. The van der Waals surface area contributed by atoms with E-state index in [0.29, 0.717) is 18.0 Å². The Morgan fingerprint density at radius 1 is 1.25 bits per heavy atom. The smallest absolute Gasteiger partial charge is 0.234 e. The number of amides is 1. The molecule has 2 aliphatic rings. The van der Waals surface area contributed by atoms with Crippen LogP contribution in [0.15, 0.2) is 0 Å². The molecule has 0 heterocycles. The van der Waals surface area contributed by atoms with Gasteiger partial charge in [0.15, 0.2) is 0 Å². The van der Waals surface area contributed by atoms with E-state index in [1.807, 2.05) is 0 Å². The third-order valence-corrected chi connectivity index (χ3v) is 4.12. The highest BCUT2D eigenvalue weighted by atomic mass is 16.1. The van der Waals surface area contributed by atoms with Crippen molar-refractivity contribution < 1.29 is 4.79 Å². The maximum atomic E-state index is 11.6. The van der Waals surface area contributed by atoms with Gasteiger partial charge in [-0.25, -0.2) is 0 Å². The van der Waals surface area contributed by atoms with Crippen molar-refractivity contribution in [3.05, 3.63) is 0 Å². The second-order valence-corrected chi connectivity index (χ2v) is 5.82. The van der Waals surface area contributed by atoms with E-state index in [1.54, 1.807) is 0 Å². The van der Waals surface area contributed by atoms with Crippen LogP contribution in [0.1, 0.15) is 51.9 Å². The monoisotopic (exact) mass is 224 g/mol. The molecule has 2 N–H and O–H groups in total. The SMILES string of the molecule is CC1(CNCC(=O)NC2CCCC2)CCC1. The first-order valence-corrected chi connectivity index (χ1v) is 6.68. The Morgan fingerprint density at radius 2 is 1.94 bits per heavy atom. The highest BCUT2D eigenvalue weighted by Crippen LogP contribution is 2.39. The molecule has 92 valence electrons. The first-order valence-electron chi connectivity index (χ1n) is 6.68. The Hall–Kier alpha value is -0.570. The lowest BCUT2D eigenvalue weighted by Crippen LogP contribution is -2.43. The number of rotatable bonds is 5. The van der Waals surface area contributed by atoms with Gasteiger partial charge in [0.2, 0.25) is 5.91 Å². The van der Waals surface area contributed by atoms with E-state index in [4.69, 9.17) is 0 Å². The van der Waals surface area contributed by atoms with Crippen LogP contribution in [0, 0.1) is 5.41 Å². The minimum Gasteiger partial charge on any atom is -0.352 e. The van der Waals surface area contributed by atoms with Crippen LogP contribution < -0.4 is 10.6 Å². The summed E-state index contributed by atoms with van der Waals surface area (Å²) in [6.45, 7) is 3.79. The van der Waals surface area contributed by atoms with Gasteiger partial charge in [-0.1, -0.05) is 26.2 Å². The molecule has 0 aromatic heterocycles. The lowest BCUT2D eigenvalue weighted by molar-refractivity contribution is -0.121. The summed E-state index contributed by atoms with van der Waals surface area (Å²) in [7, 11) is 0. The molecule has 3 heteroatoms. The average Bonchev–Trinajstić information content (AvgIpc) is 2.68. The maximum Gasteiger partial charge on any atom is 0.234 e. The topological polar surface area (TPSA) is 41.1 Å². The average molecular weight is 224 g/mol. The molecule has 2 rings (SSSR count). The highest BCUT2D eigenvalue weighted by Gasteiger charge is 2.31. The van der Waals surface area contributed by atoms with Crippen LogP contribution in [-0.2, 0) is 4.79 Å². The van der Waals surface area contributed by atoms with Crippen LogP contribution in [0.4, 0.5) is 0 Å². The molecule has 1 amide bonds. The lowest BCUT2D eigenvalue weighted by atomic mass is 9.70. The van der Waals surface area contributed by atoms with Crippen LogP contribution in [0.5, 0.6) is 0 Å². The first kappa shape index (κ1) is 11.9. The van der Waals surface area contributed by atoms with E-state index in [0.717, 1.165) is 6.54 Å². The number of hydrogen-bond acceptors (Lipinski definition) is 2. The standard InChI is InChI=1S/C13H24N2O/c1-13(7-4-8-13)10-14-9-12(16)15-11-5-2-3-6-11/h11,14H,2-10H2,1H3,(H,15,16). The Balaban J connectivity index is 1.56. The second kappa shape index (κ2) is 5.17. The van der Waals surface area contributed by atoms with Gasteiger partial charge in [-0.15, -0.1) is 0 Å². The molecule has 2 saturated carbocycles. The van der Waals surface area contributed by atoms with Crippen LogP contribution in [0.3, 0.4) is 0 Å². The molecule has 2 aliphatic carbocycles. The molecule has 0 aromatic rings. The van der Waals surface area contributed by atoms with Gasteiger partial charge in [-0.2, -0.15) is 0 Å². The summed E-state index contributed by atoms with van der Waals surface area (Å²) >= 11 is 0. The van der Waals surface area contributed by atoms with Crippen LogP contribution >= 0.6 is 0 Å². The van der Waals surface area contributed by atoms with E-state index in [-0.39, 0.29) is 5.91 Å². The summed E-state index contributed by atoms with van der Waals surface area (Å²) in [5.41, 5.74) is 0.466. The second-order valence-electron chi connectivity index (χ2n) is 5.82. The minimum absolute atomic E-state index is 0.176. The predicted octanol–water partition coefficient (Wildman–Crippen LogP) is 1.82. The Kier molecular flexibility index (Phi) is 3.85. The quantitative estimate of drug-likeness (QED) is 0.748. The molecule has 0 spiro atoms. The summed E-state index contributed by atoms with van der Waals surface area (Å²) in [6, 6.07) is 0.452. The number of carbonyl (C=O) groups excluding carboxylic acids is 1. The van der Waals surface area contributed by atoms with Crippen molar-refractivity contribution in [2.45, 2.75) is 57.9 Å². The van der Waals surface area contributed by atoms with E-state index in [1.165, 1.54) is 44.9 Å². The fourth-order valence-electron chi connectivity index (χ4n) is 2.78. The van der Waals surface area contributed by atoms with E-state index in [9.17, 15) is 4.79 Å². The molecule has 16 heavy (non-hydrogen) atoms. The van der Waals surface area contributed by atoms with Gasteiger partial charge in [0, 0.05) is 12.6 Å². The maximum absolute atomic E-state index is 11.6. The van der Waals surface area contributed by atoms with Crippen molar-refractivity contribution in [2.24, 2.45) is 5.41 Å². The molecule has 0 unspecified atom stereocenters. The largest absolute Gasteiger partial charge is 0.352 e. The van der Waals surface area contributed by atoms with Gasteiger partial charge < -0.3 is 10.6 Å². The summed E-state index contributed by atoms with van der Waals surface area (Å²) in [4.78, 5) is 11.6. The fraction of sp³-hybridized carbons (Fsp3) is 0.923. The van der Waals surface area contributed by atoms with Gasteiger partial charge in [0.25, 0.3) is 0 Å². The number of nitrogens with one attached hydrogen (secondary N) is 2. The normalized spacial score (nSPS) is 24.1. The Labute approximate surface area is 98.4 Å². The van der Waals surface area contributed by atoms with Gasteiger partial charge >= 0.3 is 0 Å². The first-order chi connectivity index (χ1) is 7.68. The molecule has 0 radical (unpaired) electrons. The predicted molar refractivity (Wildman–Crippen MR) is 65.2 cm³/mol. The Morgan fingerprint density at radius 3 is 2.50 bits per heavy atom. The molecular weight excluding hydrogens is 200 g/mol. The van der Waals surface area contributed by atoms with E-state index in [2.05, 4.69) is 17.6 Å². The van der Waals surface area contributed by atoms with Crippen LogP contribution in [0.2, 0.25) is 0 Å². The molecule has 2 fully saturated rings. The van der Waals surface area contributed by atoms with Crippen LogP contribution in [0.25, 0.3) is 0 Å². The molecule has 0 bridgehead atoms. The molecule has 3 nitrogen and oxygen atoms in total. The summed E-state index contributed by atoms with van der Waals surface area (Å²) in [5.74, 6) is 0.176. The van der Waals surface area contributed by atoms with Crippen LogP contribution in [-0.4, -0.2) is 25.0 Å². The van der Waals surface area contributed by atoms with E-state index >= 15 is 0 Å². The highest BCUT2D eigenvalue weighted by molar-refractivity contribution is 5.78. The van der Waals surface area contributed by atoms with E-state index < -0.39 is 0 Å². The van der Waals surface area contributed by atoms with Gasteiger partial charge in [0.05, 0.1) is 6.54 Å². The van der Waals surface area contributed by atoms with Gasteiger partial charge in [-0.3, -0.25) is 4.79 Å². The Bertz CT molecular complexity index is 242. The summed E-state index contributed by atoms with van der Waals surface area (Å²) in [5, 5.41) is 6.39. The fourth-order valence-corrected chi connectivity index (χ4v) is 2.78. The van der Waals surface area contributed by atoms with Crippen molar-refractivity contribution in [1.82, 2.24) is 10.6 Å². The van der Waals surface area contributed by atoms with Gasteiger partial charge in [-0.05, 0) is 31.1 Å². The minimum atomic E-state index is 0.176. The number of hydrogen-bond donors (Lipinski definition) is 2. The third kappa shape index (κ3) is 3.21. The number of carbonyl (C=O) groups is 1. The van der Waals surface area contributed by atoms with Crippen molar-refractivity contribution >= 4 is 5.91 Å². The molecule has 0 aromatic carbocycles. The van der Waals surface area contributed by atoms with Gasteiger partial charge in [0.1, 0.15) is 0 Å². The summed E-state index contributed by atoms with van der Waals surface area (Å²) in [6.07, 6.45) is 8.86. The molecule has 0 saturated heterocycles. The summed E-state index contributed by atoms with van der Waals surface area (Å²) < 4.78 is 0. The van der Waals surface area contributed by atoms with Crippen molar-refractivity contribution in [2.75, 3.05) is 13.1 Å². The lowest BCUT2D eigenvalue weighted by Gasteiger charge is -2.38. The third-order valence-electron chi connectivity index (χ3n) is 4.12. The van der Waals surface area contributed by atoms with Crippen molar-refractivity contribution in [1.29, 1.82) is 0 Å². The zero-order valence-corrected chi connectivity index (χ0v) is 10.3.